The largest absolute Gasteiger partial charge is 0.496 e. The van der Waals surface area contributed by atoms with E-state index in [2.05, 4.69) is 15.6 Å². The molecule has 1 aromatic carbocycles. The van der Waals surface area contributed by atoms with Crippen LogP contribution in [0.25, 0.3) is 0 Å². The third-order valence-corrected chi connectivity index (χ3v) is 4.23. The predicted octanol–water partition coefficient (Wildman–Crippen LogP) is 3.33. The van der Waals surface area contributed by atoms with E-state index in [9.17, 15) is 4.79 Å². The summed E-state index contributed by atoms with van der Waals surface area (Å²) in [6.07, 6.45) is 0. The summed E-state index contributed by atoms with van der Waals surface area (Å²) in [6, 6.07) is 5.56. The molecule has 1 atom stereocenters. The minimum absolute atomic E-state index is 0.145. The topological polar surface area (TPSA) is 63.2 Å². The van der Waals surface area contributed by atoms with Gasteiger partial charge in [-0.25, -0.2) is 9.78 Å². The molecule has 5 nitrogen and oxygen atoms in total. The van der Waals surface area contributed by atoms with Crippen molar-refractivity contribution in [3.8, 4) is 5.75 Å². The molecule has 1 aromatic heterocycles. The van der Waals surface area contributed by atoms with E-state index in [1.54, 1.807) is 18.4 Å². The van der Waals surface area contributed by atoms with Crippen molar-refractivity contribution in [2.45, 2.75) is 33.4 Å². The lowest BCUT2D eigenvalue weighted by Gasteiger charge is -2.18. The molecule has 0 aliphatic heterocycles. The monoisotopic (exact) mass is 319 g/mol. The van der Waals surface area contributed by atoms with E-state index in [0.29, 0.717) is 6.54 Å². The number of hydrogen-bond acceptors (Lipinski definition) is 4. The molecule has 0 aliphatic rings. The average Bonchev–Trinajstić information content (AvgIpc) is 2.90. The van der Waals surface area contributed by atoms with Gasteiger partial charge >= 0.3 is 6.03 Å². The molecule has 0 fully saturated rings. The maximum Gasteiger partial charge on any atom is 0.315 e. The highest BCUT2D eigenvalue weighted by atomic mass is 32.1. The summed E-state index contributed by atoms with van der Waals surface area (Å²) in [4.78, 5) is 16.3. The number of rotatable bonds is 5. The number of aromatic nitrogens is 1. The Hall–Kier alpha value is -2.08. The molecule has 0 saturated heterocycles. The van der Waals surface area contributed by atoms with Gasteiger partial charge in [-0.1, -0.05) is 17.7 Å². The summed E-state index contributed by atoms with van der Waals surface area (Å²) in [5.41, 5.74) is 3.06. The summed E-state index contributed by atoms with van der Waals surface area (Å²) in [5, 5.41) is 8.61. The molecule has 0 spiro atoms. The number of nitrogens with zero attached hydrogens (tertiary/aromatic N) is 1. The number of methoxy groups -OCH3 is 1. The second-order valence-electron chi connectivity index (χ2n) is 5.18. The Balaban J connectivity index is 1.94. The lowest BCUT2D eigenvalue weighted by molar-refractivity contribution is 0.237. The fourth-order valence-corrected chi connectivity index (χ4v) is 2.87. The van der Waals surface area contributed by atoms with Gasteiger partial charge in [0.15, 0.2) is 0 Å². The summed E-state index contributed by atoms with van der Waals surface area (Å²) < 4.78 is 5.36. The minimum Gasteiger partial charge on any atom is -0.496 e. The Morgan fingerprint density at radius 1 is 1.41 bits per heavy atom. The maximum atomic E-state index is 12.0. The highest BCUT2D eigenvalue weighted by Crippen LogP contribution is 2.25. The molecule has 1 heterocycles. The van der Waals surface area contributed by atoms with E-state index in [4.69, 9.17) is 4.74 Å². The number of benzene rings is 1. The molecule has 6 heteroatoms. The molecular formula is C16H21N3O2S. The van der Waals surface area contributed by atoms with Crippen LogP contribution in [-0.2, 0) is 6.54 Å². The summed E-state index contributed by atoms with van der Waals surface area (Å²) in [6.45, 7) is 6.32. The van der Waals surface area contributed by atoms with Crippen LogP contribution in [0.15, 0.2) is 23.6 Å². The summed E-state index contributed by atoms with van der Waals surface area (Å²) >= 11 is 1.54. The quantitative estimate of drug-likeness (QED) is 0.888. The highest BCUT2D eigenvalue weighted by molar-refractivity contribution is 7.09. The molecule has 0 unspecified atom stereocenters. The minimum atomic E-state index is -0.219. The molecule has 2 N–H and O–H groups in total. The van der Waals surface area contributed by atoms with Crippen LogP contribution < -0.4 is 15.4 Å². The average molecular weight is 319 g/mol. The molecule has 22 heavy (non-hydrogen) atoms. The van der Waals surface area contributed by atoms with Gasteiger partial charge in [0.05, 0.1) is 19.7 Å². The Bertz CT molecular complexity index is 655. The smallest absolute Gasteiger partial charge is 0.315 e. The van der Waals surface area contributed by atoms with Crippen LogP contribution in [0.1, 0.15) is 34.8 Å². The number of carbonyl (C=O) groups is 1. The zero-order chi connectivity index (χ0) is 16.1. The molecule has 2 amide bonds. The Kier molecular flexibility index (Phi) is 5.38. The number of aryl methyl sites for hydroxylation is 2. The first kappa shape index (κ1) is 16.3. The van der Waals surface area contributed by atoms with Crippen molar-refractivity contribution in [3.05, 3.63) is 45.4 Å². The van der Waals surface area contributed by atoms with E-state index >= 15 is 0 Å². The second-order valence-corrected chi connectivity index (χ2v) is 6.12. The standard InChI is InChI=1S/C16H21N3O2S/c1-10-5-6-14(21-4)13(7-10)12(3)19-16(20)17-8-15-18-11(2)9-22-15/h5-7,9,12H,8H2,1-4H3,(H2,17,19,20)/t12-/m0/s1. The third-order valence-electron chi connectivity index (χ3n) is 3.27. The molecule has 0 saturated carbocycles. The van der Waals surface area contributed by atoms with E-state index in [1.165, 1.54) is 0 Å². The van der Waals surface area contributed by atoms with Crippen molar-refractivity contribution in [2.24, 2.45) is 0 Å². The van der Waals surface area contributed by atoms with Gasteiger partial charge in [-0.15, -0.1) is 11.3 Å². The number of amides is 2. The van der Waals surface area contributed by atoms with Crippen molar-refractivity contribution < 1.29 is 9.53 Å². The number of thiazole rings is 1. The first-order valence-corrected chi connectivity index (χ1v) is 7.97. The Morgan fingerprint density at radius 2 is 2.18 bits per heavy atom. The maximum absolute atomic E-state index is 12.0. The molecule has 0 aliphatic carbocycles. The van der Waals surface area contributed by atoms with Gasteiger partial charge in [0.2, 0.25) is 0 Å². The van der Waals surface area contributed by atoms with Gasteiger partial charge in [0.25, 0.3) is 0 Å². The van der Waals surface area contributed by atoms with Crippen molar-refractivity contribution in [1.82, 2.24) is 15.6 Å². The second kappa shape index (κ2) is 7.26. The molecular weight excluding hydrogens is 298 g/mol. The molecule has 0 bridgehead atoms. The highest BCUT2D eigenvalue weighted by Gasteiger charge is 2.14. The van der Waals surface area contributed by atoms with Gasteiger partial charge in [-0.05, 0) is 26.8 Å². The van der Waals surface area contributed by atoms with Crippen LogP contribution in [0, 0.1) is 13.8 Å². The van der Waals surface area contributed by atoms with E-state index < -0.39 is 0 Å². The van der Waals surface area contributed by atoms with Crippen molar-refractivity contribution >= 4 is 17.4 Å². The summed E-state index contributed by atoms with van der Waals surface area (Å²) in [7, 11) is 1.63. The van der Waals surface area contributed by atoms with Crippen LogP contribution in [0.5, 0.6) is 5.75 Å². The number of urea groups is 1. The van der Waals surface area contributed by atoms with Gasteiger partial charge in [-0.3, -0.25) is 0 Å². The normalized spacial score (nSPS) is 11.8. The zero-order valence-corrected chi connectivity index (χ0v) is 14.1. The van der Waals surface area contributed by atoms with E-state index in [0.717, 1.165) is 27.6 Å². The van der Waals surface area contributed by atoms with Gasteiger partial charge in [-0.2, -0.15) is 0 Å². The third kappa shape index (κ3) is 4.21. The van der Waals surface area contributed by atoms with Crippen molar-refractivity contribution in [1.29, 1.82) is 0 Å². The van der Waals surface area contributed by atoms with Crippen LogP contribution in [0.4, 0.5) is 4.79 Å². The van der Waals surface area contributed by atoms with Crippen LogP contribution >= 0.6 is 11.3 Å². The van der Waals surface area contributed by atoms with Crippen LogP contribution in [-0.4, -0.2) is 18.1 Å². The molecule has 0 radical (unpaired) electrons. The number of ether oxygens (including phenoxy) is 1. The Morgan fingerprint density at radius 3 is 2.82 bits per heavy atom. The van der Waals surface area contributed by atoms with Crippen molar-refractivity contribution in [2.75, 3.05) is 7.11 Å². The lowest BCUT2D eigenvalue weighted by atomic mass is 10.0. The molecule has 2 aromatic rings. The van der Waals surface area contributed by atoms with Crippen LogP contribution in [0.3, 0.4) is 0 Å². The lowest BCUT2D eigenvalue weighted by Crippen LogP contribution is -2.36. The predicted molar refractivity (Wildman–Crippen MR) is 88.4 cm³/mol. The molecule has 118 valence electrons. The summed E-state index contributed by atoms with van der Waals surface area (Å²) in [5.74, 6) is 0.772. The first-order chi connectivity index (χ1) is 10.5. The number of hydrogen-bond donors (Lipinski definition) is 2. The number of nitrogens with one attached hydrogen (secondary N) is 2. The zero-order valence-electron chi connectivity index (χ0n) is 13.3. The first-order valence-electron chi connectivity index (χ1n) is 7.09. The SMILES string of the molecule is COc1ccc(C)cc1[C@H](C)NC(=O)NCc1nc(C)cs1. The van der Waals surface area contributed by atoms with Gasteiger partial charge in [0, 0.05) is 16.6 Å². The fraction of sp³-hybridized carbons (Fsp3) is 0.375. The van der Waals surface area contributed by atoms with Crippen LogP contribution in [0.2, 0.25) is 0 Å². The Labute approximate surface area is 134 Å². The fourth-order valence-electron chi connectivity index (χ4n) is 2.16. The van der Waals surface area contributed by atoms with Crippen molar-refractivity contribution in [3.63, 3.8) is 0 Å². The van der Waals surface area contributed by atoms with E-state index in [-0.39, 0.29) is 12.1 Å². The van der Waals surface area contributed by atoms with Gasteiger partial charge in [0.1, 0.15) is 10.8 Å². The van der Waals surface area contributed by atoms with E-state index in [1.807, 2.05) is 44.4 Å². The molecule has 2 rings (SSSR count). The number of carbonyl (C=O) groups excluding carboxylic acids is 1. The van der Waals surface area contributed by atoms with Gasteiger partial charge < -0.3 is 15.4 Å².